The number of aliphatic hydroxyl groups is 1. The molecular weight excluding hydrogens is 316 g/mol. The van der Waals surface area contributed by atoms with E-state index in [-0.39, 0.29) is 18.7 Å². The van der Waals surface area contributed by atoms with E-state index >= 15 is 0 Å². The smallest absolute Gasteiger partial charge is 0.322 e. The molecule has 1 aromatic rings. The topological polar surface area (TPSA) is 68.7 Å². The number of aliphatic hydroxyl groups excluding tert-OH is 1. The number of carbonyl (C=O) groups excluding carboxylic acids is 1. The third-order valence-electron chi connectivity index (χ3n) is 4.33. The van der Waals surface area contributed by atoms with Crippen LogP contribution in [0.2, 0.25) is 5.15 Å². The first-order valence-corrected chi connectivity index (χ1v) is 8.38. The van der Waals surface area contributed by atoms with Gasteiger partial charge in [-0.15, -0.1) is 0 Å². The highest BCUT2D eigenvalue weighted by atomic mass is 35.5. The molecule has 2 amide bonds. The molecule has 0 aliphatic carbocycles. The van der Waals surface area contributed by atoms with E-state index in [1.54, 1.807) is 4.90 Å². The maximum atomic E-state index is 12.4. The Bertz CT molecular complexity index is 532. The van der Waals surface area contributed by atoms with Crippen molar-refractivity contribution in [1.29, 1.82) is 0 Å². The molecule has 1 unspecified atom stereocenters. The van der Waals surface area contributed by atoms with Crippen LogP contribution in [0.25, 0.3) is 0 Å². The van der Waals surface area contributed by atoms with Gasteiger partial charge in [0.05, 0.1) is 12.3 Å². The normalized spacial score (nSPS) is 17.2. The lowest BCUT2D eigenvalue weighted by atomic mass is 10.1. The third kappa shape index (κ3) is 4.34. The van der Waals surface area contributed by atoms with Gasteiger partial charge in [0, 0.05) is 37.9 Å². The summed E-state index contributed by atoms with van der Waals surface area (Å²) in [5.41, 5.74) is 2.31. The minimum atomic E-state index is -0.155. The highest BCUT2D eigenvalue weighted by Crippen LogP contribution is 2.25. The first kappa shape index (κ1) is 18.0. The molecule has 6 nitrogen and oxygen atoms in total. The Hall–Kier alpha value is -1.37. The van der Waals surface area contributed by atoms with Gasteiger partial charge >= 0.3 is 6.03 Å². The Kier molecular flexibility index (Phi) is 6.21. The zero-order chi connectivity index (χ0) is 17.0. The van der Waals surface area contributed by atoms with Gasteiger partial charge in [0.15, 0.2) is 5.15 Å². The van der Waals surface area contributed by atoms with Crippen molar-refractivity contribution in [2.45, 2.75) is 33.2 Å². The predicted octanol–water partition coefficient (Wildman–Crippen LogP) is 2.27. The quantitative estimate of drug-likeness (QED) is 0.825. The van der Waals surface area contributed by atoms with Gasteiger partial charge in [0.2, 0.25) is 0 Å². The average Bonchev–Trinajstić information content (AvgIpc) is 2.52. The molecule has 2 heterocycles. The van der Waals surface area contributed by atoms with E-state index in [9.17, 15) is 9.90 Å². The van der Waals surface area contributed by atoms with E-state index in [0.717, 1.165) is 30.8 Å². The van der Waals surface area contributed by atoms with Crippen molar-refractivity contribution in [3.05, 3.63) is 22.5 Å². The van der Waals surface area contributed by atoms with E-state index in [1.165, 1.54) is 0 Å². The molecule has 0 bridgehead atoms. The third-order valence-corrected chi connectivity index (χ3v) is 4.61. The Balaban J connectivity index is 1.96. The molecule has 0 saturated carbocycles. The molecule has 2 rings (SSSR count). The number of aryl methyl sites for hydroxylation is 2. The molecule has 0 aromatic carbocycles. The van der Waals surface area contributed by atoms with Crippen molar-refractivity contribution in [1.82, 2.24) is 14.8 Å². The van der Waals surface area contributed by atoms with Gasteiger partial charge in [0.1, 0.15) is 0 Å². The highest BCUT2D eigenvalue weighted by molar-refractivity contribution is 6.32. The maximum absolute atomic E-state index is 12.4. The number of nitrogens with zero attached hydrogens (tertiary/aromatic N) is 3. The summed E-state index contributed by atoms with van der Waals surface area (Å²) in [4.78, 5) is 20.6. The number of halogens is 1. The van der Waals surface area contributed by atoms with Crippen LogP contribution in [0.1, 0.15) is 24.6 Å². The number of amides is 2. The fourth-order valence-electron chi connectivity index (χ4n) is 2.92. The van der Waals surface area contributed by atoms with Gasteiger partial charge in [0.25, 0.3) is 0 Å². The minimum absolute atomic E-state index is 0.155. The monoisotopic (exact) mass is 340 g/mol. The molecule has 1 fully saturated rings. The van der Waals surface area contributed by atoms with Crippen molar-refractivity contribution in [2.75, 3.05) is 38.1 Å². The number of aromatic nitrogens is 1. The molecule has 1 aliphatic rings. The molecule has 2 N–H and O–H groups in total. The van der Waals surface area contributed by atoms with Crippen LogP contribution >= 0.6 is 11.6 Å². The van der Waals surface area contributed by atoms with Crippen LogP contribution in [0.4, 0.5) is 10.5 Å². The van der Waals surface area contributed by atoms with Gasteiger partial charge in [-0.1, -0.05) is 18.5 Å². The molecule has 128 valence electrons. The van der Waals surface area contributed by atoms with Crippen molar-refractivity contribution in [3.8, 4) is 0 Å². The second-order valence-corrected chi connectivity index (χ2v) is 6.30. The van der Waals surface area contributed by atoms with Gasteiger partial charge in [-0.2, -0.15) is 0 Å². The summed E-state index contributed by atoms with van der Waals surface area (Å²) < 4.78 is 0. The molecule has 1 aliphatic heterocycles. The molecular formula is C16H25ClN4O2. The van der Waals surface area contributed by atoms with E-state index < -0.39 is 0 Å². The van der Waals surface area contributed by atoms with Crippen LogP contribution in [-0.4, -0.2) is 64.7 Å². The van der Waals surface area contributed by atoms with Crippen LogP contribution in [0.15, 0.2) is 6.07 Å². The van der Waals surface area contributed by atoms with Crippen molar-refractivity contribution in [2.24, 2.45) is 0 Å². The standard InChI is InChI=1S/C16H25ClN4O2/c1-4-13(10-22)20-5-7-21(8-6-20)16(23)19-14-11(2)9-12(3)18-15(14)17/h9,13,22H,4-8,10H2,1-3H3,(H,19,23). The van der Waals surface area contributed by atoms with Crippen LogP contribution in [0.5, 0.6) is 0 Å². The Morgan fingerprint density at radius 3 is 2.57 bits per heavy atom. The number of pyridine rings is 1. The number of rotatable bonds is 4. The Labute approximate surface area is 142 Å². The lowest BCUT2D eigenvalue weighted by Crippen LogP contribution is -2.53. The SMILES string of the molecule is CCC(CO)N1CCN(C(=O)Nc2c(C)cc(C)nc2Cl)CC1. The van der Waals surface area contributed by atoms with E-state index in [2.05, 4.69) is 22.1 Å². The summed E-state index contributed by atoms with van der Waals surface area (Å²) in [6.07, 6.45) is 0.909. The van der Waals surface area contributed by atoms with Crippen LogP contribution < -0.4 is 5.32 Å². The van der Waals surface area contributed by atoms with Crippen molar-refractivity contribution < 1.29 is 9.90 Å². The van der Waals surface area contributed by atoms with Gasteiger partial charge in [-0.25, -0.2) is 9.78 Å². The highest BCUT2D eigenvalue weighted by Gasteiger charge is 2.25. The van der Waals surface area contributed by atoms with Crippen molar-refractivity contribution >= 4 is 23.3 Å². The lowest BCUT2D eigenvalue weighted by molar-refractivity contribution is 0.0766. The first-order chi connectivity index (χ1) is 11.0. The summed E-state index contributed by atoms with van der Waals surface area (Å²) in [6.45, 7) is 8.81. The Morgan fingerprint density at radius 1 is 1.39 bits per heavy atom. The summed E-state index contributed by atoms with van der Waals surface area (Å²) >= 11 is 6.14. The van der Waals surface area contributed by atoms with Crippen LogP contribution in [-0.2, 0) is 0 Å². The first-order valence-electron chi connectivity index (χ1n) is 8.00. The summed E-state index contributed by atoms with van der Waals surface area (Å²) in [6, 6.07) is 1.92. The number of anilines is 1. The molecule has 1 saturated heterocycles. The summed E-state index contributed by atoms with van der Waals surface area (Å²) in [7, 11) is 0. The zero-order valence-corrected chi connectivity index (χ0v) is 14.7. The maximum Gasteiger partial charge on any atom is 0.322 e. The fourth-order valence-corrected chi connectivity index (χ4v) is 3.25. The molecule has 23 heavy (non-hydrogen) atoms. The summed E-state index contributed by atoms with van der Waals surface area (Å²) in [5.74, 6) is 0. The van der Waals surface area contributed by atoms with Gasteiger partial charge in [-0.3, -0.25) is 4.90 Å². The van der Waals surface area contributed by atoms with Crippen LogP contribution in [0, 0.1) is 13.8 Å². The number of hydrogen-bond acceptors (Lipinski definition) is 4. The second kappa shape index (κ2) is 7.95. The van der Waals surface area contributed by atoms with Crippen LogP contribution in [0.3, 0.4) is 0 Å². The predicted molar refractivity (Wildman–Crippen MR) is 92.1 cm³/mol. The Morgan fingerprint density at radius 2 is 2.04 bits per heavy atom. The number of hydrogen-bond donors (Lipinski definition) is 2. The second-order valence-electron chi connectivity index (χ2n) is 5.94. The number of nitrogens with one attached hydrogen (secondary N) is 1. The zero-order valence-electron chi connectivity index (χ0n) is 14.0. The number of urea groups is 1. The number of carbonyl (C=O) groups is 1. The molecule has 1 aromatic heterocycles. The average molecular weight is 341 g/mol. The molecule has 7 heteroatoms. The van der Waals surface area contributed by atoms with Crippen molar-refractivity contribution in [3.63, 3.8) is 0 Å². The minimum Gasteiger partial charge on any atom is -0.395 e. The van der Waals surface area contributed by atoms with Gasteiger partial charge in [-0.05, 0) is 31.9 Å². The van der Waals surface area contributed by atoms with E-state index in [0.29, 0.717) is 23.9 Å². The summed E-state index contributed by atoms with van der Waals surface area (Å²) in [5, 5.41) is 12.6. The van der Waals surface area contributed by atoms with Gasteiger partial charge < -0.3 is 15.3 Å². The van der Waals surface area contributed by atoms with E-state index in [1.807, 2.05) is 19.9 Å². The molecule has 1 atom stereocenters. The number of piperazine rings is 1. The lowest BCUT2D eigenvalue weighted by Gasteiger charge is -2.38. The molecule has 0 radical (unpaired) electrons. The van der Waals surface area contributed by atoms with E-state index in [4.69, 9.17) is 11.6 Å². The largest absolute Gasteiger partial charge is 0.395 e. The fraction of sp³-hybridized carbons (Fsp3) is 0.625. The molecule has 0 spiro atoms.